The average Bonchev–Trinajstić information content (AvgIpc) is 2.80. The van der Waals surface area contributed by atoms with Crippen LogP contribution in [0.2, 0.25) is 19.0 Å². The van der Waals surface area contributed by atoms with Crippen LogP contribution in [-0.2, 0) is 10.3 Å². The molecule has 2 aromatic carbocycles. The summed E-state index contributed by atoms with van der Waals surface area (Å²) in [6.45, 7) is 15.3. The Labute approximate surface area is 240 Å². The van der Waals surface area contributed by atoms with Crippen LogP contribution < -0.4 is 18.9 Å². The van der Waals surface area contributed by atoms with E-state index in [1.807, 2.05) is 49.4 Å². The fourth-order valence-corrected chi connectivity index (χ4v) is 5.70. The summed E-state index contributed by atoms with van der Waals surface area (Å²) in [5.41, 5.74) is 1.40. The van der Waals surface area contributed by atoms with Gasteiger partial charge in [0.15, 0.2) is 0 Å². The fraction of sp³-hybridized carbons (Fsp3) is 0.552. The zero-order valence-electron chi connectivity index (χ0n) is 23.7. The molecule has 3 rings (SSSR count). The molecular weight excluding hydrogens is 508 g/mol. The van der Waals surface area contributed by atoms with Gasteiger partial charge < -0.3 is 14.7 Å². The third-order valence-corrected chi connectivity index (χ3v) is 8.06. The summed E-state index contributed by atoms with van der Waals surface area (Å²) in [7, 11) is 0. The van der Waals surface area contributed by atoms with Gasteiger partial charge in [-0.1, -0.05) is 73.1 Å². The molecule has 1 N–H and O–H groups in total. The number of halogens is 1. The zero-order chi connectivity index (χ0) is 26.2. The van der Waals surface area contributed by atoms with Crippen LogP contribution >= 0.6 is 15.9 Å². The Morgan fingerprint density at radius 2 is 1.69 bits per heavy atom. The van der Waals surface area contributed by atoms with Crippen LogP contribution in [-0.4, -0.2) is 35.0 Å². The maximum Gasteiger partial charge on any atom is 1.00 e. The van der Waals surface area contributed by atoms with Gasteiger partial charge in [-0.3, -0.25) is 0 Å². The Bertz CT molecular complexity index is 944. The molecule has 0 saturated carbocycles. The summed E-state index contributed by atoms with van der Waals surface area (Å²) in [4.78, 5) is 14.9. The first kappa shape index (κ1) is 32.8. The Kier molecular flexibility index (Phi) is 13.4. The van der Waals surface area contributed by atoms with Gasteiger partial charge in [0.25, 0.3) is 0 Å². The maximum atomic E-state index is 13.1. The molecule has 1 amide bonds. The van der Waals surface area contributed by atoms with E-state index in [4.69, 9.17) is 4.74 Å². The molecule has 1 saturated heterocycles. The van der Waals surface area contributed by atoms with Gasteiger partial charge in [0, 0.05) is 23.9 Å². The molecule has 0 unspecified atom stereocenters. The summed E-state index contributed by atoms with van der Waals surface area (Å²) in [5.74, 6) is 0. The van der Waals surface area contributed by atoms with Gasteiger partial charge in [-0.15, -0.1) is 0 Å². The van der Waals surface area contributed by atoms with E-state index in [2.05, 4.69) is 49.7 Å². The SMILES string of the molecule is CC[BH-](CC)CC.Cc1cc(Br)ccc1[C@H](C)N1CC[C@](CC(C)(C)O)(c2ccccc2)OC1=O.[Li+]. The monoisotopic (exact) mass is 551 g/mol. The molecule has 1 heterocycles. The number of aryl methyl sites for hydroxylation is 1. The molecule has 1 aliphatic rings. The molecule has 36 heavy (non-hydrogen) atoms. The van der Waals surface area contributed by atoms with Crippen molar-refractivity contribution < 1.29 is 33.5 Å². The quantitative estimate of drug-likeness (QED) is 0.470. The minimum absolute atomic E-state index is 0. The molecule has 0 spiro atoms. The number of rotatable bonds is 8. The molecule has 0 radical (unpaired) electrons. The van der Waals surface area contributed by atoms with Crippen molar-refractivity contribution in [1.82, 2.24) is 4.90 Å². The van der Waals surface area contributed by atoms with E-state index >= 15 is 0 Å². The van der Waals surface area contributed by atoms with E-state index in [9.17, 15) is 9.90 Å². The van der Waals surface area contributed by atoms with Crippen molar-refractivity contribution in [1.29, 1.82) is 0 Å². The number of carbonyl (C=O) groups is 1. The van der Waals surface area contributed by atoms with Crippen molar-refractivity contribution in [2.24, 2.45) is 0 Å². The largest absolute Gasteiger partial charge is 1.00 e. The van der Waals surface area contributed by atoms with Crippen molar-refractivity contribution >= 4 is 28.7 Å². The minimum atomic E-state index is -0.952. The van der Waals surface area contributed by atoms with Gasteiger partial charge >= 0.3 is 25.0 Å². The number of aliphatic hydroxyl groups is 1. The van der Waals surface area contributed by atoms with Crippen LogP contribution in [0.15, 0.2) is 53.0 Å². The molecule has 7 heteroatoms. The summed E-state index contributed by atoms with van der Waals surface area (Å²) in [6.07, 6.45) is 4.96. The number of cyclic esters (lactones) is 1. The second kappa shape index (κ2) is 14.7. The number of benzene rings is 2. The van der Waals surface area contributed by atoms with E-state index in [0.29, 0.717) is 26.1 Å². The van der Waals surface area contributed by atoms with Crippen molar-refractivity contribution in [2.75, 3.05) is 6.54 Å². The number of ether oxygens (including phenoxy) is 1. The molecule has 2 aromatic rings. The second-order valence-electron chi connectivity index (χ2n) is 10.9. The van der Waals surface area contributed by atoms with Crippen molar-refractivity contribution in [3.8, 4) is 0 Å². The van der Waals surface area contributed by atoms with E-state index in [1.165, 1.54) is 19.0 Å². The van der Waals surface area contributed by atoms with Crippen molar-refractivity contribution in [2.45, 2.75) is 97.5 Å². The topological polar surface area (TPSA) is 49.8 Å². The first-order valence-corrected chi connectivity index (χ1v) is 14.1. The molecule has 0 aromatic heterocycles. The predicted octanol–water partition coefficient (Wildman–Crippen LogP) is 4.99. The molecular formula is C29H44BBrLiNO3. The summed E-state index contributed by atoms with van der Waals surface area (Å²) >= 11 is 3.49. The maximum absolute atomic E-state index is 13.1. The normalized spacial score (nSPS) is 18.6. The molecule has 2 atom stereocenters. The molecule has 1 fully saturated rings. The van der Waals surface area contributed by atoms with E-state index in [0.717, 1.165) is 21.2 Å². The minimum Gasteiger partial charge on any atom is -0.438 e. The standard InChI is InChI=1S/C23H28BrNO3.C6H16B.Li/c1-16-14-19(24)10-11-20(16)17(2)25-13-12-23(28-21(25)26,15-22(3,4)27)18-8-6-5-7-9-18;1-4-7(5-2)6-3;/h5-11,14,17,27H,12-13,15H2,1-4H3;7H,4-6H2,1-3H3;/q;-1;+1/t17-,23-;;/m0../s1. The second-order valence-corrected chi connectivity index (χ2v) is 11.8. The third kappa shape index (κ3) is 8.98. The molecule has 0 bridgehead atoms. The number of nitrogens with zero attached hydrogens (tertiary/aromatic N) is 1. The van der Waals surface area contributed by atoms with Gasteiger partial charge in [-0.2, -0.15) is 19.0 Å². The van der Waals surface area contributed by atoms with Gasteiger partial charge in [-0.05, 0) is 63.2 Å². The van der Waals surface area contributed by atoms with Crippen LogP contribution in [0.25, 0.3) is 0 Å². The van der Waals surface area contributed by atoms with Crippen LogP contribution in [0, 0.1) is 6.92 Å². The Balaban J connectivity index is 0.000000712. The van der Waals surface area contributed by atoms with E-state index in [1.54, 1.807) is 18.7 Å². The molecule has 1 aliphatic heterocycles. The fourth-order valence-electron chi connectivity index (χ4n) is 5.23. The van der Waals surface area contributed by atoms with Crippen molar-refractivity contribution in [3.63, 3.8) is 0 Å². The van der Waals surface area contributed by atoms with Crippen LogP contribution in [0.1, 0.15) is 77.1 Å². The van der Waals surface area contributed by atoms with Gasteiger partial charge in [-0.25, -0.2) is 4.79 Å². The number of hydrogen-bond donors (Lipinski definition) is 1. The predicted molar refractivity (Wildman–Crippen MR) is 153 cm³/mol. The van der Waals surface area contributed by atoms with E-state index < -0.39 is 11.2 Å². The average molecular weight is 552 g/mol. The number of hydrogen-bond acceptors (Lipinski definition) is 3. The van der Waals surface area contributed by atoms with Gasteiger partial charge in [0.2, 0.25) is 0 Å². The van der Waals surface area contributed by atoms with Gasteiger partial charge in [0.05, 0.1) is 11.6 Å². The van der Waals surface area contributed by atoms with E-state index in [-0.39, 0.29) is 31.0 Å². The zero-order valence-corrected chi connectivity index (χ0v) is 25.3. The van der Waals surface area contributed by atoms with Crippen LogP contribution in [0.3, 0.4) is 0 Å². The smallest absolute Gasteiger partial charge is 0.438 e. The van der Waals surface area contributed by atoms with Crippen molar-refractivity contribution in [3.05, 3.63) is 69.7 Å². The molecule has 194 valence electrons. The first-order chi connectivity index (χ1) is 16.5. The van der Waals surface area contributed by atoms with Gasteiger partial charge in [0.1, 0.15) is 5.60 Å². The number of carbonyl (C=O) groups excluding carboxylic acids is 1. The molecule has 0 aliphatic carbocycles. The Morgan fingerprint density at radius 3 is 2.14 bits per heavy atom. The van der Waals surface area contributed by atoms with Crippen LogP contribution in [0.4, 0.5) is 4.79 Å². The Morgan fingerprint density at radius 1 is 1.11 bits per heavy atom. The molecule has 4 nitrogen and oxygen atoms in total. The summed E-state index contributed by atoms with van der Waals surface area (Å²) < 4.78 is 7.10. The first-order valence-electron chi connectivity index (χ1n) is 13.3. The summed E-state index contributed by atoms with van der Waals surface area (Å²) in [6, 6.07) is 15.8. The van der Waals surface area contributed by atoms with Crippen LogP contribution in [0.5, 0.6) is 0 Å². The third-order valence-electron chi connectivity index (χ3n) is 7.56. The number of amides is 1. The summed E-state index contributed by atoms with van der Waals surface area (Å²) in [5, 5.41) is 10.5. The Hall–Kier alpha value is -1.19.